The van der Waals surface area contributed by atoms with Crippen molar-refractivity contribution < 1.29 is 14.3 Å². The van der Waals surface area contributed by atoms with Gasteiger partial charge >= 0.3 is 0 Å². The van der Waals surface area contributed by atoms with Crippen LogP contribution in [0.4, 0.5) is 5.69 Å². The number of anilines is 1. The number of carbonyl (C=O) groups excluding carboxylic acids is 2. The fourth-order valence-corrected chi connectivity index (χ4v) is 4.01. The van der Waals surface area contributed by atoms with Gasteiger partial charge < -0.3 is 4.74 Å². The molecule has 0 bridgehead atoms. The molecule has 8 heteroatoms. The molecule has 0 spiro atoms. The summed E-state index contributed by atoms with van der Waals surface area (Å²) >= 11 is 6.61. The zero-order chi connectivity index (χ0) is 20.6. The number of ether oxygens (including phenoxy) is 1. The second-order valence-corrected chi connectivity index (χ2v) is 7.93. The number of hydrogen-bond acceptors (Lipinski definition) is 6. The van der Waals surface area contributed by atoms with Crippen LogP contribution in [0.3, 0.4) is 0 Å². The summed E-state index contributed by atoms with van der Waals surface area (Å²) in [5.74, 6) is 0.446. The van der Waals surface area contributed by atoms with Crippen molar-refractivity contribution in [2.24, 2.45) is 0 Å². The molecule has 3 rings (SSSR count). The highest BCUT2D eigenvalue weighted by Crippen LogP contribution is 2.33. The Labute approximate surface area is 179 Å². The van der Waals surface area contributed by atoms with E-state index in [-0.39, 0.29) is 18.2 Å². The lowest BCUT2D eigenvalue weighted by Gasteiger charge is -2.14. The summed E-state index contributed by atoms with van der Waals surface area (Å²) in [6, 6.07) is 16.8. The van der Waals surface area contributed by atoms with E-state index in [4.69, 9.17) is 17.0 Å². The maximum Gasteiger partial charge on any atom is 0.266 e. The third-order valence-electron chi connectivity index (χ3n) is 4.17. The Morgan fingerprint density at radius 2 is 2.00 bits per heavy atom. The Balaban J connectivity index is 1.49. The summed E-state index contributed by atoms with van der Waals surface area (Å²) in [5.41, 5.74) is 7.18. The van der Waals surface area contributed by atoms with Gasteiger partial charge in [-0.1, -0.05) is 54.3 Å². The minimum atomic E-state index is -0.147. The molecule has 0 aromatic heterocycles. The first-order chi connectivity index (χ1) is 14.1. The number of carbonyl (C=O) groups is 2. The van der Waals surface area contributed by atoms with Crippen molar-refractivity contribution >= 4 is 51.9 Å². The lowest BCUT2D eigenvalue weighted by atomic mass is 10.2. The summed E-state index contributed by atoms with van der Waals surface area (Å²) in [7, 11) is 1.60. The molecule has 0 saturated carbocycles. The van der Waals surface area contributed by atoms with Gasteiger partial charge in [-0.05, 0) is 42.3 Å². The average Bonchev–Trinajstić information content (AvgIpc) is 3.00. The zero-order valence-corrected chi connectivity index (χ0v) is 17.5. The second-order valence-electron chi connectivity index (χ2n) is 6.25. The Hall–Kier alpha value is -2.84. The van der Waals surface area contributed by atoms with Crippen molar-refractivity contribution in [3.05, 3.63) is 65.1 Å². The first-order valence-corrected chi connectivity index (χ1v) is 10.3. The molecular formula is C21H21N3O3S2. The molecule has 1 heterocycles. The minimum absolute atomic E-state index is 0.134. The predicted octanol–water partition coefficient (Wildman–Crippen LogP) is 3.82. The van der Waals surface area contributed by atoms with Crippen LogP contribution in [-0.4, -0.2) is 34.7 Å². The molecule has 1 fully saturated rings. The first kappa shape index (κ1) is 20.9. The number of thioether (sulfide) groups is 1. The molecule has 0 atom stereocenters. The van der Waals surface area contributed by atoms with Gasteiger partial charge in [-0.3, -0.25) is 25.3 Å². The topological polar surface area (TPSA) is 70.7 Å². The van der Waals surface area contributed by atoms with Crippen LogP contribution >= 0.6 is 24.0 Å². The number of hydrazine groups is 1. The molecule has 150 valence electrons. The van der Waals surface area contributed by atoms with E-state index < -0.39 is 0 Å². The minimum Gasteiger partial charge on any atom is -0.497 e. The van der Waals surface area contributed by atoms with Gasteiger partial charge in [-0.25, -0.2) is 0 Å². The highest BCUT2D eigenvalue weighted by Gasteiger charge is 2.31. The van der Waals surface area contributed by atoms with Crippen molar-refractivity contribution in [2.45, 2.75) is 12.8 Å². The van der Waals surface area contributed by atoms with E-state index in [0.29, 0.717) is 22.2 Å². The molecular weight excluding hydrogens is 406 g/mol. The highest BCUT2D eigenvalue weighted by molar-refractivity contribution is 8.26. The third kappa shape index (κ3) is 5.82. The fourth-order valence-electron chi connectivity index (χ4n) is 2.70. The van der Waals surface area contributed by atoms with Gasteiger partial charge in [0.15, 0.2) is 0 Å². The molecule has 6 nitrogen and oxygen atoms in total. The summed E-state index contributed by atoms with van der Waals surface area (Å²) < 4.78 is 5.72. The van der Waals surface area contributed by atoms with Gasteiger partial charge in [0.2, 0.25) is 5.91 Å². The third-order valence-corrected chi connectivity index (χ3v) is 5.55. The maximum absolute atomic E-state index is 12.7. The summed E-state index contributed by atoms with van der Waals surface area (Å²) in [6.45, 7) is 0.402. The Morgan fingerprint density at radius 3 is 2.76 bits per heavy atom. The number of hydrogen-bond donors (Lipinski definition) is 2. The van der Waals surface area contributed by atoms with Crippen LogP contribution in [-0.2, 0) is 9.59 Å². The number of nitrogens with one attached hydrogen (secondary N) is 2. The Kier molecular flexibility index (Phi) is 7.26. The van der Waals surface area contributed by atoms with Crippen molar-refractivity contribution in [3.8, 4) is 5.75 Å². The molecule has 2 aromatic rings. The maximum atomic E-state index is 12.7. The lowest BCUT2D eigenvalue weighted by molar-refractivity contribution is -0.123. The van der Waals surface area contributed by atoms with Crippen LogP contribution in [0.5, 0.6) is 5.75 Å². The number of thiocarbonyl (C=S) groups is 1. The molecule has 2 N–H and O–H groups in total. The van der Waals surface area contributed by atoms with E-state index >= 15 is 0 Å². The molecule has 1 aliphatic heterocycles. The standard InChI is InChI=1S/C21H21N3O3S2/c1-27-17-10-5-7-15(13-17)14-18-20(26)24(21(28)29-18)12-6-11-19(25)23-22-16-8-3-2-4-9-16/h2-5,7-10,13-14,22H,6,11-12H2,1H3,(H,23,25)/b18-14-. The molecule has 2 aromatic carbocycles. The molecule has 2 amide bonds. The van der Waals surface area contributed by atoms with Crippen LogP contribution < -0.4 is 15.6 Å². The van der Waals surface area contributed by atoms with Crippen molar-refractivity contribution in [2.75, 3.05) is 19.1 Å². The summed E-state index contributed by atoms with van der Waals surface area (Å²) in [4.78, 5) is 26.8. The van der Waals surface area contributed by atoms with Gasteiger partial charge in [0.25, 0.3) is 5.91 Å². The molecule has 1 aliphatic rings. The van der Waals surface area contributed by atoms with Crippen molar-refractivity contribution in [1.82, 2.24) is 10.3 Å². The summed E-state index contributed by atoms with van der Waals surface area (Å²) in [6.07, 6.45) is 2.60. The average molecular weight is 428 g/mol. The number of amides is 2. The van der Waals surface area contributed by atoms with E-state index in [1.54, 1.807) is 18.1 Å². The van der Waals surface area contributed by atoms with Gasteiger partial charge in [-0.15, -0.1) is 0 Å². The quantitative estimate of drug-likeness (QED) is 0.379. The second kappa shape index (κ2) is 10.1. The molecule has 0 radical (unpaired) electrons. The van der Waals surface area contributed by atoms with Gasteiger partial charge in [0.1, 0.15) is 10.1 Å². The predicted molar refractivity (Wildman–Crippen MR) is 120 cm³/mol. The van der Waals surface area contributed by atoms with Gasteiger partial charge in [0.05, 0.1) is 17.7 Å². The number of nitrogens with zero attached hydrogens (tertiary/aromatic N) is 1. The zero-order valence-electron chi connectivity index (χ0n) is 15.9. The van der Waals surface area contributed by atoms with Crippen molar-refractivity contribution in [1.29, 1.82) is 0 Å². The SMILES string of the molecule is COc1cccc(/C=C2\SC(=S)N(CCCC(=O)NNc3ccccc3)C2=O)c1. The highest BCUT2D eigenvalue weighted by atomic mass is 32.2. The van der Waals surface area contributed by atoms with Crippen LogP contribution in [0.15, 0.2) is 59.5 Å². The molecule has 29 heavy (non-hydrogen) atoms. The molecule has 0 unspecified atom stereocenters. The smallest absolute Gasteiger partial charge is 0.266 e. The van der Waals surface area contributed by atoms with Crippen LogP contribution in [0.25, 0.3) is 6.08 Å². The molecule has 1 saturated heterocycles. The van der Waals surface area contributed by atoms with Crippen LogP contribution in [0.1, 0.15) is 18.4 Å². The lowest BCUT2D eigenvalue weighted by Crippen LogP contribution is -2.32. The van der Waals surface area contributed by atoms with Crippen molar-refractivity contribution in [3.63, 3.8) is 0 Å². The van der Waals surface area contributed by atoms with E-state index in [2.05, 4.69) is 10.9 Å². The normalized spacial score (nSPS) is 14.9. The number of rotatable bonds is 8. The number of para-hydroxylation sites is 1. The van der Waals surface area contributed by atoms with Crippen LogP contribution in [0, 0.1) is 0 Å². The number of methoxy groups -OCH3 is 1. The van der Waals surface area contributed by atoms with E-state index in [1.807, 2.05) is 54.6 Å². The van der Waals surface area contributed by atoms with Crippen LogP contribution in [0.2, 0.25) is 0 Å². The fraction of sp³-hybridized carbons (Fsp3) is 0.190. The van der Waals surface area contributed by atoms with E-state index in [1.165, 1.54) is 11.8 Å². The number of benzene rings is 2. The van der Waals surface area contributed by atoms with E-state index in [9.17, 15) is 9.59 Å². The van der Waals surface area contributed by atoms with Gasteiger partial charge in [-0.2, -0.15) is 0 Å². The van der Waals surface area contributed by atoms with E-state index in [0.717, 1.165) is 17.0 Å². The Morgan fingerprint density at radius 1 is 1.21 bits per heavy atom. The monoisotopic (exact) mass is 427 g/mol. The van der Waals surface area contributed by atoms with Gasteiger partial charge in [0, 0.05) is 13.0 Å². The first-order valence-electron chi connectivity index (χ1n) is 9.06. The largest absolute Gasteiger partial charge is 0.497 e. The summed E-state index contributed by atoms with van der Waals surface area (Å²) in [5, 5.41) is 0. The Bertz CT molecular complexity index is 932. The molecule has 0 aliphatic carbocycles.